The van der Waals surface area contributed by atoms with Crippen LogP contribution in [0.4, 0.5) is 5.69 Å². The van der Waals surface area contributed by atoms with E-state index in [4.69, 9.17) is 9.72 Å². The van der Waals surface area contributed by atoms with E-state index in [1.54, 1.807) is 12.3 Å². The number of carbonyl (C=O) groups excluding carboxylic acids is 1. The number of nitrogens with zero attached hydrogens (tertiary/aromatic N) is 2. The molecule has 0 saturated carbocycles. The molecule has 4 nitrogen and oxygen atoms in total. The number of pyridine rings is 1. The molecule has 1 spiro atoms. The molecule has 1 unspecified atom stereocenters. The molecule has 0 N–H and O–H groups in total. The van der Waals surface area contributed by atoms with Crippen LogP contribution in [-0.4, -0.2) is 24.0 Å². The fourth-order valence-electron chi connectivity index (χ4n) is 5.52. The first-order valence-corrected chi connectivity index (χ1v) is 11.3. The average Bonchev–Trinajstić information content (AvgIpc) is 3.12. The van der Waals surface area contributed by atoms with E-state index in [0.717, 1.165) is 41.4 Å². The molecule has 3 aromatic carbocycles. The van der Waals surface area contributed by atoms with Crippen molar-refractivity contribution in [2.45, 2.75) is 25.9 Å². The number of aromatic nitrogens is 1. The molecule has 0 amide bonds. The van der Waals surface area contributed by atoms with E-state index in [1.807, 2.05) is 18.2 Å². The summed E-state index contributed by atoms with van der Waals surface area (Å²) in [5.41, 5.74) is 5.83. The van der Waals surface area contributed by atoms with Gasteiger partial charge in [-0.2, -0.15) is 0 Å². The first kappa shape index (κ1) is 19.1. The van der Waals surface area contributed by atoms with Gasteiger partial charge in [0.1, 0.15) is 5.69 Å². The smallest absolute Gasteiger partial charge is 0.341 e. The lowest BCUT2D eigenvalue weighted by atomic mass is 9.71. The summed E-state index contributed by atoms with van der Waals surface area (Å²) in [5, 5.41) is 2.24. The molecular weight excluding hydrogens is 396 g/mol. The largest absolute Gasteiger partial charge is 0.439 e. The first-order chi connectivity index (χ1) is 15.7. The van der Waals surface area contributed by atoms with Crippen molar-refractivity contribution in [1.29, 1.82) is 0 Å². The van der Waals surface area contributed by atoms with Crippen molar-refractivity contribution in [3.05, 3.63) is 106 Å². The van der Waals surface area contributed by atoms with Gasteiger partial charge in [-0.05, 0) is 66.4 Å². The number of esters is 1. The summed E-state index contributed by atoms with van der Waals surface area (Å²) in [4.78, 5) is 20.2. The van der Waals surface area contributed by atoms with Gasteiger partial charge in [-0.15, -0.1) is 0 Å². The van der Waals surface area contributed by atoms with Crippen LogP contribution in [0.5, 0.6) is 0 Å². The molecule has 6 rings (SSSR count). The van der Waals surface area contributed by atoms with Crippen molar-refractivity contribution in [2.24, 2.45) is 0 Å². The molecule has 1 aliphatic carbocycles. The van der Waals surface area contributed by atoms with Gasteiger partial charge in [0.05, 0.1) is 5.56 Å². The molecule has 1 aromatic heterocycles. The van der Waals surface area contributed by atoms with Gasteiger partial charge in [0.15, 0.2) is 0 Å². The van der Waals surface area contributed by atoms with E-state index in [9.17, 15) is 4.79 Å². The molecular formula is C28H24N2O2. The van der Waals surface area contributed by atoms with E-state index in [0.29, 0.717) is 11.3 Å². The van der Waals surface area contributed by atoms with Crippen molar-refractivity contribution >= 4 is 22.4 Å². The van der Waals surface area contributed by atoms with Gasteiger partial charge in [-0.25, -0.2) is 4.79 Å². The Morgan fingerprint density at radius 1 is 0.969 bits per heavy atom. The van der Waals surface area contributed by atoms with Crippen molar-refractivity contribution in [3.8, 4) is 0 Å². The van der Waals surface area contributed by atoms with Gasteiger partial charge in [0, 0.05) is 36.1 Å². The fraction of sp³-hybridized carbons (Fsp3) is 0.214. The second-order valence-corrected chi connectivity index (χ2v) is 8.48. The third kappa shape index (κ3) is 2.44. The highest BCUT2D eigenvalue weighted by molar-refractivity contribution is 5.98. The van der Waals surface area contributed by atoms with Crippen molar-refractivity contribution in [1.82, 2.24) is 4.98 Å². The van der Waals surface area contributed by atoms with Crippen LogP contribution in [0.2, 0.25) is 0 Å². The van der Waals surface area contributed by atoms with E-state index >= 15 is 0 Å². The van der Waals surface area contributed by atoms with Crippen LogP contribution in [-0.2, 0) is 16.8 Å². The van der Waals surface area contributed by atoms with Gasteiger partial charge in [-0.1, -0.05) is 42.5 Å². The van der Waals surface area contributed by atoms with Crippen molar-refractivity contribution < 1.29 is 9.53 Å². The SMILES string of the molecule is CCN(CC)c1ccc2c(c1)Cc1ccc3ccccc3c1C21OC(=O)c2cccnc21. The minimum Gasteiger partial charge on any atom is -0.439 e. The predicted molar refractivity (Wildman–Crippen MR) is 126 cm³/mol. The van der Waals surface area contributed by atoms with Gasteiger partial charge in [0.25, 0.3) is 0 Å². The summed E-state index contributed by atoms with van der Waals surface area (Å²) in [5.74, 6) is -0.312. The van der Waals surface area contributed by atoms with Gasteiger partial charge >= 0.3 is 5.97 Å². The lowest BCUT2D eigenvalue weighted by Gasteiger charge is -2.38. The van der Waals surface area contributed by atoms with Crippen LogP contribution in [0.15, 0.2) is 72.9 Å². The molecule has 1 aliphatic heterocycles. The summed E-state index contributed by atoms with van der Waals surface area (Å²) in [6, 6.07) is 22.9. The van der Waals surface area contributed by atoms with E-state index < -0.39 is 5.60 Å². The second kappa shape index (κ2) is 6.92. The average molecular weight is 421 g/mol. The number of hydrogen-bond donors (Lipinski definition) is 0. The van der Waals surface area contributed by atoms with Crippen molar-refractivity contribution in [3.63, 3.8) is 0 Å². The Hall–Kier alpha value is -3.66. The molecule has 0 saturated heterocycles. The predicted octanol–water partition coefficient (Wildman–Crippen LogP) is 5.45. The van der Waals surface area contributed by atoms with Gasteiger partial charge < -0.3 is 9.64 Å². The summed E-state index contributed by atoms with van der Waals surface area (Å²) < 4.78 is 6.36. The Bertz CT molecular complexity index is 1390. The number of hydrogen-bond acceptors (Lipinski definition) is 4. The van der Waals surface area contributed by atoms with Crippen LogP contribution in [0.25, 0.3) is 10.8 Å². The molecule has 1 atom stereocenters. The number of anilines is 1. The fourth-order valence-corrected chi connectivity index (χ4v) is 5.52. The Balaban J connectivity index is 1.71. The lowest BCUT2D eigenvalue weighted by molar-refractivity contribution is 0.0237. The monoisotopic (exact) mass is 420 g/mol. The van der Waals surface area contributed by atoms with Crippen LogP contribution in [0.3, 0.4) is 0 Å². The standard InChI is InChI=1S/C28H24N2O2/c1-3-30(4-2)21-13-14-24-20(17-21)16-19-12-11-18-8-5-6-9-22(18)25(19)28(24)26-23(27(31)32-28)10-7-15-29-26/h5-15,17H,3-4,16H2,1-2H3. The molecule has 0 fully saturated rings. The molecule has 32 heavy (non-hydrogen) atoms. The normalized spacial score (nSPS) is 18.2. The Morgan fingerprint density at radius 3 is 2.66 bits per heavy atom. The van der Waals surface area contributed by atoms with E-state index in [2.05, 4.69) is 61.2 Å². The number of ether oxygens (including phenoxy) is 1. The molecule has 2 heterocycles. The Morgan fingerprint density at radius 2 is 1.81 bits per heavy atom. The van der Waals surface area contributed by atoms with Gasteiger partial charge in [0.2, 0.25) is 5.60 Å². The molecule has 2 aliphatic rings. The van der Waals surface area contributed by atoms with E-state index in [1.165, 1.54) is 16.8 Å². The van der Waals surface area contributed by atoms with Crippen molar-refractivity contribution in [2.75, 3.05) is 18.0 Å². The highest BCUT2D eigenvalue weighted by Gasteiger charge is 2.54. The zero-order chi connectivity index (χ0) is 21.9. The van der Waals surface area contributed by atoms with Crippen LogP contribution < -0.4 is 4.90 Å². The Kier molecular flexibility index (Phi) is 4.12. The summed E-state index contributed by atoms with van der Waals surface area (Å²) in [6.45, 7) is 6.23. The zero-order valence-electron chi connectivity index (χ0n) is 18.3. The number of rotatable bonds is 3. The third-order valence-electron chi connectivity index (χ3n) is 6.95. The topological polar surface area (TPSA) is 42.4 Å². The lowest BCUT2D eigenvalue weighted by Crippen LogP contribution is -2.36. The number of fused-ring (bicyclic) bond motifs is 8. The van der Waals surface area contributed by atoms with Crippen LogP contribution in [0.1, 0.15) is 52.2 Å². The maximum Gasteiger partial charge on any atom is 0.341 e. The maximum absolute atomic E-state index is 13.1. The number of benzene rings is 3. The van der Waals surface area contributed by atoms with Crippen LogP contribution >= 0.6 is 0 Å². The minimum atomic E-state index is -1.03. The molecule has 4 heteroatoms. The molecule has 0 bridgehead atoms. The summed E-state index contributed by atoms with van der Waals surface area (Å²) in [7, 11) is 0. The molecule has 158 valence electrons. The highest BCUT2D eigenvalue weighted by atomic mass is 16.6. The second-order valence-electron chi connectivity index (χ2n) is 8.48. The zero-order valence-corrected chi connectivity index (χ0v) is 18.3. The first-order valence-electron chi connectivity index (χ1n) is 11.3. The number of carbonyl (C=O) groups is 1. The summed E-state index contributed by atoms with van der Waals surface area (Å²) in [6.07, 6.45) is 2.55. The third-order valence-corrected chi connectivity index (χ3v) is 6.95. The van der Waals surface area contributed by atoms with Gasteiger partial charge in [-0.3, -0.25) is 4.98 Å². The highest BCUT2D eigenvalue weighted by Crippen LogP contribution is 2.53. The Labute approximate surface area is 187 Å². The molecule has 4 aromatic rings. The molecule has 0 radical (unpaired) electrons. The maximum atomic E-state index is 13.1. The van der Waals surface area contributed by atoms with Crippen LogP contribution in [0, 0.1) is 0 Å². The van der Waals surface area contributed by atoms with E-state index in [-0.39, 0.29) is 5.97 Å². The quantitative estimate of drug-likeness (QED) is 0.414. The minimum absolute atomic E-state index is 0.312. The summed E-state index contributed by atoms with van der Waals surface area (Å²) >= 11 is 0.